The standard InChI is InChI=1S/C21H12ClFN4OS/c22-14-7-2-1-6-12(14)15-13(9-24)20(26)27-21-16(15)17(25)19(29-21)18(28)10-4-3-5-11(23)8-10/h1-8H,25H2,(H2,26,27). The molecule has 0 spiro atoms. The van der Waals surface area contributed by atoms with Crippen LogP contribution in [0.2, 0.25) is 5.02 Å². The fraction of sp³-hybridized carbons (Fsp3) is 0. The van der Waals surface area contributed by atoms with Crippen molar-refractivity contribution in [3.8, 4) is 17.2 Å². The monoisotopic (exact) mass is 422 g/mol. The molecule has 4 rings (SSSR count). The second-order valence-corrected chi connectivity index (χ2v) is 7.61. The van der Waals surface area contributed by atoms with Crippen LogP contribution in [-0.2, 0) is 0 Å². The summed E-state index contributed by atoms with van der Waals surface area (Å²) in [4.78, 5) is 17.8. The van der Waals surface area contributed by atoms with Gasteiger partial charge in [-0.15, -0.1) is 11.3 Å². The highest BCUT2D eigenvalue weighted by atomic mass is 35.5. The molecule has 0 unspecified atom stereocenters. The minimum Gasteiger partial charge on any atom is -0.397 e. The molecule has 2 heterocycles. The molecule has 0 atom stereocenters. The number of nitrogen functional groups attached to an aromatic ring is 2. The fourth-order valence-corrected chi connectivity index (χ4v) is 4.45. The summed E-state index contributed by atoms with van der Waals surface area (Å²) in [5, 5.41) is 10.5. The van der Waals surface area contributed by atoms with Gasteiger partial charge in [0.1, 0.15) is 33.0 Å². The summed E-state index contributed by atoms with van der Waals surface area (Å²) < 4.78 is 13.6. The van der Waals surface area contributed by atoms with E-state index in [1.165, 1.54) is 18.2 Å². The first-order chi connectivity index (χ1) is 13.9. The summed E-state index contributed by atoms with van der Waals surface area (Å²) in [5.41, 5.74) is 13.8. The summed E-state index contributed by atoms with van der Waals surface area (Å²) in [6.07, 6.45) is 0. The fourth-order valence-electron chi connectivity index (χ4n) is 3.15. The van der Waals surface area contributed by atoms with Gasteiger partial charge in [-0.3, -0.25) is 4.79 Å². The van der Waals surface area contributed by atoms with Crippen molar-refractivity contribution in [1.29, 1.82) is 5.26 Å². The highest BCUT2D eigenvalue weighted by molar-refractivity contribution is 7.21. The summed E-state index contributed by atoms with van der Waals surface area (Å²) in [5.74, 6) is -0.950. The minimum absolute atomic E-state index is 0.0147. The van der Waals surface area contributed by atoms with Gasteiger partial charge < -0.3 is 11.5 Å². The number of rotatable bonds is 3. The van der Waals surface area contributed by atoms with E-state index in [1.807, 2.05) is 0 Å². The lowest BCUT2D eigenvalue weighted by atomic mass is 9.96. The first-order valence-electron chi connectivity index (χ1n) is 8.39. The number of fused-ring (bicyclic) bond motifs is 1. The van der Waals surface area contributed by atoms with Crippen LogP contribution >= 0.6 is 22.9 Å². The molecule has 4 aromatic rings. The van der Waals surface area contributed by atoms with Gasteiger partial charge in [-0.25, -0.2) is 9.37 Å². The van der Waals surface area contributed by atoms with Crippen molar-refractivity contribution in [3.05, 3.63) is 75.4 Å². The third kappa shape index (κ3) is 3.09. The molecule has 29 heavy (non-hydrogen) atoms. The van der Waals surface area contributed by atoms with Gasteiger partial charge in [0.15, 0.2) is 0 Å². The highest BCUT2D eigenvalue weighted by Crippen LogP contribution is 2.44. The molecule has 0 aliphatic carbocycles. The normalized spacial score (nSPS) is 10.8. The Hall–Kier alpha value is -3.47. The van der Waals surface area contributed by atoms with Gasteiger partial charge in [0.05, 0.1) is 5.69 Å². The minimum atomic E-state index is -0.526. The first-order valence-corrected chi connectivity index (χ1v) is 9.58. The number of anilines is 2. The highest BCUT2D eigenvalue weighted by Gasteiger charge is 2.25. The Morgan fingerprint density at radius 2 is 1.93 bits per heavy atom. The molecule has 0 saturated carbocycles. The lowest BCUT2D eigenvalue weighted by Crippen LogP contribution is -2.03. The molecule has 0 saturated heterocycles. The van der Waals surface area contributed by atoms with Crippen molar-refractivity contribution in [2.24, 2.45) is 0 Å². The predicted octanol–water partition coefficient (Wildman–Crippen LogP) is 5.02. The van der Waals surface area contributed by atoms with Crippen molar-refractivity contribution in [1.82, 2.24) is 4.98 Å². The van der Waals surface area contributed by atoms with Gasteiger partial charge in [0.25, 0.3) is 0 Å². The zero-order chi connectivity index (χ0) is 20.7. The van der Waals surface area contributed by atoms with E-state index < -0.39 is 11.6 Å². The molecule has 0 bridgehead atoms. The molecule has 5 nitrogen and oxygen atoms in total. The molecule has 142 valence electrons. The quantitative estimate of drug-likeness (QED) is 0.451. The van der Waals surface area contributed by atoms with Crippen LogP contribution < -0.4 is 11.5 Å². The van der Waals surface area contributed by atoms with Crippen LogP contribution in [0.4, 0.5) is 15.9 Å². The van der Waals surface area contributed by atoms with E-state index in [9.17, 15) is 14.4 Å². The molecule has 2 aromatic heterocycles. The van der Waals surface area contributed by atoms with Crippen LogP contribution in [0.1, 0.15) is 20.8 Å². The van der Waals surface area contributed by atoms with E-state index in [0.717, 1.165) is 17.4 Å². The van der Waals surface area contributed by atoms with Crippen molar-refractivity contribution >= 4 is 50.4 Å². The van der Waals surface area contributed by atoms with Gasteiger partial charge in [0.2, 0.25) is 5.78 Å². The molecule has 0 amide bonds. The van der Waals surface area contributed by atoms with Crippen LogP contribution in [0.3, 0.4) is 0 Å². The Balaban J connectivity index is 2.05. The largest absolute Gasteiger partial charge is 0.397 e. The van der Waals surface area contributed by atoms with E-state index in [1.54, 1.807) is 24.3 Å². The zero-order valence-corrected chi connectivity index (χ0v) is 16.3. The molecule has 0 radical (unpaired) electrons. The topological polar surface area (TPSA) is 106 Å². The summed E-state index contributed by atoms with van der Waals surface area (Å²) in [6, 6.07) is 14.4. The lowest BCUT2D eigenvalue weighted by Gasteiger charge is -2.11. The third-order valence-corrected chi connectivity index (χ3v) is 5.88. The third-order valence-electron chi connectivity index (χ3n) is 4.45. The Bertz CT molecular complexity index is 1340. The van der Waals surface area contributed by atoms with Gasteiger partial charge >= 0.3 is 0 Å². The van der Waals surface area contributed by atoms with Crippen molar-refractivity contribution in [2.75, 3.05) is 11.5 Å². The van der Waals surface area contributed by atoms with Gasteiger partial charge in [-0.2, -0.15) is 5.26 Å². The van der Waals surface area contributed by atoms with Crippen molar-refractivity contribution < 1.29 is 9.18 Å². The number of hydrogen-bond acceptors (Lipinski definition) is 6. The molecular weight excluding hydrogens is 411 g/mol. The summed E-state index contributed by atoms with van der Waals surface area (Å²) in [6.45, 7) is 0. The summed E-state index contributed by atoms with van der Waals surface area (Å²) in [7, 11) is 0. The molecule has 0 fully saturated rings. The molecule has 0 aliphatic heterocycles. The number of ketones is 1. The number of thiophene rings is 1. The van der Waals surface area contributed by atoms with Crippen LogP contribution in [-0.4, -0.2) is 10.8 Å². The van der Waals surface area contributed by atoms with Crippen molar-refractivity contribution in [3.63, 3.8) is 0 Å². The Morgan fingerprint density at radius 3 is 2.62 bits per heavy atom. The van der Waals surface area contributed by atoms with Crippen LogP contribution in [0.15, 0.2) is 48.5 Å². The van der Waals surface area contributed by atoms with Crippen LogP contribution in [0, 0.1) is 17.1 Å². The van der Waals surface area contributed by atoms with E-state index in [0.29, 0.717) is 26.4 Å². The summed E-state index contributed by atoms with van der Waals surface area (Å²) >= 11 is 7.40. The van der Waals surface area contributed by atoms with Gasteiger partial charge in [-0.1, -0.05) is 41.9 Å². The maximum Gasteiger partial charge on any atom is 0.205 e. The lowest BCUT2D eigenvalue weighted by molar-refractivity contribution is 0.104. The number of halogens is 2. The predicted molar refractivity (Wildman–Crippen MR) is 113 cm³/mol. The van der Waals surface area contributed by atoms with Crippen molar-refractivity contribution in [2.45, 2.75) is 0 Å². The molecule has 0 aliphatic rings. The van der Waals surface area contributed by atoms with E-state index in [-0.39, 0.29) is 27.5 Å². The molecule has 4 N–H and O–H groups in total. The van der Waals surface area contributed by atoms with Crippen LogP contribution in [0.25, 0.3) is 21.3 Å². The molecule has 8 heteroatoms. The number of carbonyl (C=O) groups excluding carboxylic acids is 1. The number of nitrogens with two attached hydrogens (primary N) is 2. The average molecular weight is 423 g/mol. The zero-order valence-electron chi connectivity index (χ0n) is 14.7. The Kier molecular flexibility index (Phi) is 4.66. The first kappa shape index (κ1) is 18.9. The molecule has 2 aromatic carbocycles. The van der Waals surface area contributed by atoms with Gasteiger partial charge in [0, 0.05) is 27.1 Å². The van der Waals surface area contributed by atoms with E-state index >= 15 is 0 Å². The number of benzene rings is 2. The Labute approximate surface area is 174 Å². The second kappa shape index (κ2) is 7.17. The SMILES string of the molecule is N#Cc1c(N)nc2sc(C(=O)c3cccc(F)c3)c(N)c2c1-c1ccccc1Cl. The van der Waals surface area contributed by atoms with E-state index in [4.69, 9.17) is 23.1 Å². The maximum atomic E-state index is 13.6. The number of pyridine rings is 1. The number of nitriles is 1. The maximum absolute atomic E-state index is 13.6. The number of hydrogen-bond donors (Lipinski definition) is 2. The molecular formula is C21H12ClFN4OS. The average Bonchev–Trinajstić information content (AvgIpc) is 3.03. The second-order valence-electron chi connectivity index (χ2n) is 6.20. The van der Waals surface area contributed by atoms with Gasteiger partial charge in [-0.05, 0) is 18.2 Å². The van der Waals surface area contributed by atoms with E-state index in [2.05, 4.69) is 11.1 Å². The Morgan fingerprint density at radius 1 is 1.17 bits per heavy atom. The number of aromatic nitrogens is 1. The van der Waals surface area contributed by atoms with Crippen LogP contribution in [0.5, 0.6) is 0 Å². The smallest absolute Gasteiger partial charge is 0.205 e. The number of carbonyl (C=O) groups is 1. The number of nitrogens with zero attached hydrogens (tertiary/aromatic N) is 2.